The third-order valence-electron chi connectivity index (χ3n) is 5.83. The predicted octanol–water partition coefficient (Wildman–Crippen LogP) is 2.99. The largest absolute Gasteiger partial charge is 0.351 e. The summed E-state index contributed by atoms with van der Waals surface area (Å²) in [6.45, 7) is 0.723. The monoisotopic (exact) mass is 437 g/mol. The summed E-state index contributed by atoms with van der Waals surface area (Å²) in [5, 5.41) is 8.10. The lowest BCUT2D eigenvalue weighted by atomic mass is 10.1. The Morgan fingerprint density at radius 2 is 1.88 bits per heavy atom. The minimum absolute atomic E-state index is 0.114. The fraction of sp³-hybridized carbons (Fsp3) is 0.261. The highest BCUT2D eigenvalue weighted by atomic mass is 19.1. The van der Waals surface area contributed by atoms with Crippen LogP contribution in [-0.2, 0) is 19.5 Å². The Morgan fingerprint density at radius 1 is 1.09 bits per heavy atom. The zero-order valence-electron chi connectivity index (χ0n) is 17.1. The van der Waals surface area contributed by atoms with E-state index in [-0.39, 0.29) is 35.8 Å². The van der Waals surface area contributed by atoms with Crippen LogP contribution in [0.2, 0.25) is 0 Å². The van der Waals surface area contributed by atoms with Crippen LogP contribution in [0.15, 0.2) is 53.3 Å². The Hall–Kier alpha value is -3.75. The Balaban J connectivity index is 1.26. The molecule has 3 heterocycles. The highest BCUT2D eigenvalue weighted by Crippen LogP contribution is 2.18. The average Bonchev–Trinajstić information content (AvgIpc) is 3.25. The zero-order valence-corrected chi connectivity index (χ0v) is 17.1. The van der Waals surface area contributed by atoms with Gasteiger partial charge in [0.15, 0.2) is 0 Å². The summed E-state index contributed by atoms with van der Waals surface area (Å²) >= 11 is 0. The first kappa shape index (κ1) is 20.2. The molecule has 0 radical (unpaired) electrons. The molecule has 1 amide bonds. The number of benzene rings is 2. The van der Waals surface area contributed by atoms with Gasteiger partial charge in [-0.15, -0.1) is 0 Å². The van der Waals surface area contributed by atoms with E-state index >= 15 is 0 Å². The van der Waals surface area contributed by atoms with Crippen molar-refractivity contribution in [2.75, 3.05) is 0 Å². The number of carbonyl (C=O) groups is 1. The maximum Gasteiger partial charge on any atom is 0.346 e. The van der Waals surface area contributed by atoms with Crippen molar-refractivity contribution in [3.8, 4) is 0 Å². The van der Waals surface area contributed by atoms with Crippen LogP contribution in [-0.4, -0.2) is 31.3 Å². The van der Waals surface area contributed by atoms with Gasteiger partial charge in [0.25, 0.3) is 5.91 Å². The fourth-order valence-electron chi connectivity index (χ4n) is 4.13. The first-order valence-electron chi connectivity index (χ1n) is 10.5. The highest BCUT2D eigenvalue weighted by Gasteiger charge is 2.23. The van der Waals surface area contributed by atoms with Crippen molar-refractivity contribution < 1.29 is 13.6 Å². The molecule has 4 aromatic rings. The molecule has 2 N–H and O–H groups in total. The molecule has 9 heteroatoms. The van der Waals surface area contributed by atoms with E-state index in [0.717, 1.165) is 5.56 Å². The number of nitrogens with one attached hydrogen (secondary N) is 2. The molecule has 1 aliphatic heterocycles. The van der Waals surface area contributed by atoms with Gasteiger partial charge >= 0.3 is 5.69 Å². The number of hydrogen-bond donors (Lipinski definition) is 2. The summed E-state index contributed by atoms with van der Waals surface area (Å²) in [4.78, 5) is 28.5. The van der Waals surface area contributed by atoms with Gasteiger partial charge < -0.3 is 10.3 Å². The summed E-state index contributed by atoms with van der Waals surface area (Å²) < 4.78 is 29.5. The molecule has 0 saturated carbocycles. The average molecular weight is 437 g/mol. The fourth-order valence-corrected chi connectivity index (χ4v) is 4.13. The molecular weight excluding hydrogens is 416 g/mol. The first-order valence-corrected chi connectivity index (χ1v) is 10.5. The second-order valence-electron chi connectivity index (χ2n) is 8.05. The van der Waals surface area contributed by atoms with Crippen LogP contribution in [0.25, 0.3) is 10.9 Å². The zero-order chi connectivity index (χ0) is 22.2. The molecule has 1 atom stereocenters. The van der Waals surface area contributed by atoms with Crippen molar-refractivity contribution in [1.29, 1.82) is 0 Å². The van der Waals surface area contributed by atoms with Crippen LogP contribution in [0.3, 0.4) is 0 Å². The molecule has 32 heavy (non-hydrogen) atoms. The number of amides is 1. The van der Waals surface area contributed by atoms with Crippen LogP contribution < -0.4 is 11.0 Å². The molecule has 0 bridgehead atoms. The van der Waals surface area contributed by atoms with E-state index in [1.54, 1.807) is 28.8 Å². The van der Waals surface area contributed by atoms with Gasteiger partial charge in [-0.25, -0.2) is 18.3 Å². The van der Waals surface area contributed by atoms with E-state index in [1.165, 1.54) is 28.9 Å². The number of fused-ring (bicyclic) bond motifs is 2. The maximum atomic E-state index is 13.4. The van der Waals surface area contributed by atoms with E-state index in [9.17, 15) is 18.4 Å². The number of rotatable bonds is 4. The standard InChI is InChI=1S/C23H21F2N5O2/c24-16-3-1-14(2-4-16)13-30-23(32)29-10-9-18(6-8-21(29)28-30)26-22(31)20-12-15-11-17(25)5-7-19(15)27-20/h1-5,7,11-12,18,27H,6,8-10,13H2,(H,26,31). The molecule has 1 aliphatic rings. The molecule has 5 rings (SSSR count). The number of hydrogen-bond acceptors (Lipinski definition) is 3. The van der Waals surface area contributed by atoms with Gasteiger partial charge in [0.05, 0.1) is 6.54 Å². The maximum absolute atomic E-state index is 13.4. The summed E-state index contributed by atoms with van der Waals surface area (Å²) in [5.41, 5.74) is 1.65. The van der Waals surface area contributed by atoms with Gasteiger partial charge in [-0.05, 0) is 54.8 Å². The number of aryl methyl sites for hydroxylation is 1. The quantitative estimate of drug-likeness (QED) is 0.515. The molecule has 0 fully saturated rings. The number of aromatic nitrogens is 4. The Morgan fingerprint density at radius 3 is 2.69 bits per heavy atom. The van der Waals surface area contributed by atoms with Crippen molar-refractivity contribution in [2.45, 2.75) is 38.4 Å². The van der Waals surface area contributed by atoms with Crippen LogP contribution in [0.1, 0.15) is 34.7 Å². The first-order chi connectivity index (χ1) is 15.5. The minimum Gasteiger partial charge on any atom is -0.351 e. The third kappa shape index (κ3) is 3.93. The van der Waals surface area contributed by atoms with E-state index in [0.29, 0.717) is 48.2 Å². The van der Waals surface area contributed by atoms with Crippen LogP contribution >= 0.6 is 0 Å². The van der Waals surface area contributed by atoms with E-state index < -0.39 is 0 Å². The van der Waals surface area contributed by atoms with Crippen LogP contribution in [0.5, 0.6) is 0 Å². The third-order valence-corrected chi connectivity index (χ3v) is 5.83. The number of carbonyl (C=O) groups excluding carboxylic acids is 1. The van der Waals surface area contributed by atoms with E-state index in [1.807, 2.05) is 0 Å². The molecule has 1 unspecified atom stereocenters. The molecule has 2 aromatic carbocycles. The normalized spacial score (nSPS) is 16.0. The Kier molecular flexibility index (Phi) is 5.08. The lowest BCUT2D eigenvalue weighted by molar-refractivity contribution is 0.0928. The van der Waals surface area contributed by atoms with Crippen molar-refractivity contribution in [2.24, 2.45) is 0 Å². The topological polar surface area (TPSA) is 84.7 Å². The minimum atomic E-state index is -0.355. The van der Waals surface area contributed by atoms with Gasteiger partial charge in [-0.2, -0.15) is 5.10 Å². The second-order valence-corrected chi connectivity index (χ2v) is 8.05. The van der Waals surface area contributed by atoms with Gasteiger partial charge in [-0.1, -0.05) is 12.1 Å². The lowest BCUT2D eigenvalue weighted by Crippen LogP contribution is -2.36. The molecular formula is C23H21F2N5O2. The summed E-state index contributed by atoms with van der Waals surface area (Å²) in [6, 6.07) is 11.8. The van der Waals surface area contributed by atoms with Crippen LogP contribution in [0.4, 0.5) is 8.78 Å². The summed E-state index contributed by atoms with van der Waals surface area (Å²) in [7, 11) is 0. The second kappa shape index (κ2) is 8.07. The van der Waals surface area contributed by atoms with Crippen molar-refractivity contribution in [3.63, 3.8) is 0 Å². The van der Waals surface area contributed by atoms with Gasteiger partial charge in [0.2, 0.25) is 0 Å². The molecule has 0 saturated heterocycles. The number of nitrogens with zero attached hydrogens (tertiary/aromatic N) is 3. The van der Waals surface area contributed by atoms with Gasteiger partial charge in [0, 0.05) is 29.9 Å². The number of halogens is 2. The summed E-state index contributed by atoms with van der Waals surface area (Å²) in [5.74, 6) is -0.268. The summed E-state index contributed by atoms with van der Waals surface area (Å²) in [6.07, 6.45) is 1.79. The number of H-pyrrole nitrogens is 1. The predicted molar refractivity (Wildman–Crippen MR) is 114 cm³/mol. The molecule has 2 aromatic heterocycles. The Bertz CT molecular complexity index is 1350. The van der Waals surface area contributed by atoms with Crippen molar-refractivity contribution in [1.82, 2.24) is 24.6 Å². The van der Waals surface area contributed by atoms with Gasteiger partial charge in [-0.3, -0.25) is 9.36 Å². The molecule has 164 valence electrons. The Labute approximate surface area is 181 Å². The van der Waals surface area contributed by atoms with Crippen LogP contribution in [0, 0.1) is 11.6 Å². The van der Waals surface area contributed by atoms with E-state index in [4.69, 9.17) is 0 Å². The smallest absolute Gasteiger partial charge is 0.346 e. The van der Waals surface area contributed by atoms with E-state index in [2.05, 4.69) is 15.4 Å². The SMILES string of the molecule is O=C(NC1CCc2nn(Cc3ccc(F)cc3)c(=O)n2CC1)c1cc2cc(F)ccc2[nH]1. The number of aromatic amines is 1. The molecule has 7 nitrogen and oxygen atoms in total. The highest BCUT2D eigenvalue weighted by molar-refractivity contribution is 5.98. The van der Waals surface area contributed by atoms with Crippen molar-refractivity contribution in [3.05, 3.63) is 87.7 Å². The van der Waals surface area contributed by atoms with Crippen molar-refractivity contribution >= 4 is 16.8 Å². The van der Waals surface area contributed by atoms with Gasteiger partial charge in [0.1, 0.15) is 23.2 Å². The lowest BCUT2D eigenvalue weighted by Gasteiger charge is -2.15. The molecule has 0 spiro atoms. The molecule has 0 aliphatic carbocycles.